The molecule has 0 saturated carbocycles. The number of methoxy groups -OCH3 is 1. The second-order valence-electron chi connectivity index (χ2n) is 2.35. The molecule has 0 saturated heterocycles. The molecule has 1 aromatic heterocycles. The molecule has 0 aliphatic carbocycles. The van der Waals surface area contributed by atoms with Gasteiger partial charge in [0.15, 0.2) is 5.75 Å². The number of hydrogen-bond donors (Lipinski definition) is 0. The van der Waals surface area contributed by atoms with Gasteiger partial charge in [-0.05, 0) is 28.1 Å². The number of ketones is 1. The van der Waals surface area contributed by atoms with Gasteiger partial charge in [-0.15, -0.1) is 0 Å². The zero-order valence-electron chi connectivity index (χ0n) is 7.13. The number of aromatic nitrogens is 1. The molecule has 0 bridgehead atoms. The fraction of sp³-hybridized carbons (Fsp3) is 0.250. The second kappa shape index (κ2) is 4.45. The first-order valence-corrected chi connectivity index (χ1v) is 4.38. The van der Waals surface area contributed by atoms with Crippen LogP contribution in [0.5, 0.6) is 5.75 Å². The van der Waals surface area contributed by atoms with Crippen molar-refractivity contribution in [1.82, 2.24) is 4.98 Å². The number of pyridine rings is 1. The van der Waals surface area contributed by atoms with E-state index >= 15 is 0 Å². The fourth-order valence-electron chi connectivity index (χ4n) is 0.823. The van der Waals surface area contributed by atoms with Crippen LogP contribution in [0.1, 0.15) is 10.5 Å². The molecule has 14 heavy (non-hydrogen) atoms. The van der Waals surface area contributed by atoms with Crippen LogP contribution in [0.2, 0.25) is 0 Å². The first-order chi connectivity index (χ1) is 6.56. The largest absolute Gasteiger partial charge is 0.494 e. The number of nitrogens with zero attached hydrogens (tertiary/aromatic N) is 1. The van der Waals surface area contributed by atoms with Crippen LogP contribution in [-0.2, 0) is 0 Å². The van der Waals surface area contributed by atoms with Gasteiger partial charge in [-0.2, -0.15) is 0 Å². The highest BCUT2D eigenvalue weighted by molar-refractivity contribution is 9.10. The summed E-state index contributed by atoms with van der Waals surface area (Å²) in [6.07, 6.45) is -3.04. The van der Waals surface area contributed by atoms with Gasteiger partial charge in [-0.1, -0.05) is 0 Å². The molecule has 0 amide bonds. The zero-order chi connectivity index (χ0) is 10.7. The van der Waals surface area contributed by atoms with Gasteiger partial charge in [-0.25, -0.2) is 13.8 Å². The molecule has 0 radical (unpaired) electrons. The van der Waals surface area contributed by atoms with Crippen molar-refractivity contribution in [2.45, 2.75) is 6.43 Å². The van der Waals surface area contributed by atoms with E-state index in [-0.39, 0.29) is 10.3 Å². The predicted molar refractivity (Wildman–Crippen MR) is 48.8 cm³/mol. The third-order valence-electron chi connectivity index (χ3n) is 1.49. The van der Waals surface area contributed by atoms with Crippen molar-refractivity contribution in [3.8, 4) is 5.75 Å². The molecule has 0 fully saturated rings. The number of carbonyl (C=O) groups excluding carboxylic acids is 1. The standard InChI is InChI=1S/C8H6BrF2NO2/c1-14-5-3-2-4(12-7(5)9)6(13)8(10)11/h2-3,8H,1H3. The minimum atomic E-state index is -3.04. The van der Waals surface area contributed by atoms with Crippen LogP contribution < -0.4 is 4.74 Å². The van der Waals surface area contributed by atoms with Gasteiger partial charge in [0.2, 0.25) is 5.78 Å². The van der Waals surface area contributed by atoms with Crippen LogP contribution in [-0.4, -0.2) is 24.3 Å². The SMILES string of the molecule is COc1ccc(C(=O)C(F)F)nc1Br. The summed E-state index contributed by atoms with van der Waals surface area (Å²) in [6.45, 7) is 0. The zero-order valence-corrected chi connectivity index (χ0v) is 8.72. The molecule has 1 rings (SSSR count). The average Bonchev–Trinajstić information content (AvgIpc) is 2.16. The minimum Gasteiger partial charge on any atom is -0.494 e. The Morgan fingerprint density at radius 2 is 2.21 bits per heavy atom. The summed E-state index contributed by atoms with van der Waals surface area (Å²) in [5.74, 6) is -0.913. The Hall–Kier alpha value is -1.04. The second-order valence-corrected chi connectivity index (χ2v) is 3.11. The van der Waals surface area contributed by atoms with Gasteiger partial charge in [0.1, 0.15) is 10.3 Å². The minimum absolute atomic E-state index is 0.228. The highest BCUT2D eigenvalue weighted by atomic mass is 79.9. The molecule has 0 aliphatic heterocycles. The Kier molecular flexibility index (Phi) is 3.51. The van der Waals surface area contributed by atoms with E-state index in [0.717, 1.165) is 0 Å². The fourth-order valence-corrected chi connectivity index (χ4v) is 1.31. The van der Waals surface area contributed by atoms with Gasteiger partial charge in [0, 0.05) is 0 Å². The van der Waals surface area contributed by atoms with E-state index < -0.39 is 12.2 Å². The van der Waals surface area contributed by atoms with E-state index in [4.69, 9.17) is 4.74 Å². The van der Waals surface area contributed by atoms with E-state index in [2.05, 4.69) is 20.9 Å². The first-order valence-electron chi connectivity index (χ1n) is 3.59. The van der Waals surface area contributed by atoms with Gasteiger partial charge < -0.3 is 4.74 Å². The van der Waals surface area contributed by atoms with E-state index in [1.54, 1.807) is 0 Å². The topological polar surface area (TPSA) is 39.2 Å². The van der Waals surface area contributed by atoms with Gasteiger partial charge in [-0.3, -0.25) is 4.79 Å². The monoisotopic (exact) mass is 265 g/mol. The highest BCUT2D eigenvalue weighted by Gasteiger charge is 2.20. The van der Waals surface area contributed by atoms with Crippen molar-refractivity contribution in [2.24, 2.45) is 0 Å². The average molecular weight is 266 g/mol. The first kappa shape index (κ1) is 11.0. The molecule has 0 N–H and O–H groups in total. The van der Waals surface area contributed by atoms with Crippen LogP contribution in [0, 0.1) is 0 Å². The highest BCUT2D eigenvalue weighted by Crippen LogP contribution is 2.22. The lowest BCUT2D eigenvalue weighted by Crippen LogP contribution is -2.12. The Bertz CT molecular complexity index is 357. The third kappa shape index (κ3) is 2.25. The molecule has 1 heterocycles. The van der Waals surface area contributed by atoms with Crippen LogP contribution in [0.15, 0.2) is 16.7 Å². The lowest BCUT2D eigenvalue weighted by Gasteiger charge is -2.03. The van der Waals surface area contributed by atoms with Crippen molar-refractivity contribution >= 4 is 21.7 Å². The summed E-state index contributed by atoms with van der Waals surface area (Å²) >= 11 is 2.99. The predicted octanol–water partition coefficient (Wildman–Crippen LogP) is 2.30. The summed E-state index contributed by atoms with van der Waals surface area (Å²) in [4.78, 5) is 14.4. The molecule has 0 unspecified atom stereocenters. The molecule has 0 aliphatic rings. The van der Waals surface area contributed by atoms with Crippen molar-refractivity contribution in [3.63, 3.8) is 0 Å². The molecular formula is C8H6BrF2NO2. The number of ether oxygens (including phenoxy) is 1. The van der Waals surface area contributed by atoms with E-state index in [0.29, 0.717) is 5.75 Å². The van der Waals surface area contributed by atoms with Crippen LogP contribution in [0.4, 0.5) is 8.78 Å². The summed E-state index contributed by atoms with van der Waals surface area (Å²) in [5.41, 5.74) is -0.285. The number of alkyl halides is 2. The smallest absolute Gasteiger partial charge is 0.302 e. The Balaban J connectivity index is 3.03. The number of carbonyl (C=O) groups is 1. The number of hydrogen-bond acceptors (Lipinski definition) is 3. The van der Waals surface area contributed by atoms with Crippen LogP contribution in [0.3, 0.4) is 0 Å². The lowest BCUT2D eigenvalue weighted by atomic mass is 10.2. The van der Waals surface area contributed by atoms with E-state index in [1.165, 1.54) is 19.2 Å². The maximum absolute atomic E-state index is 12.0. The van der Waals surface area contributed by atoms with Crippen LogP contribution in [0.25, 0.3) is 0 Å². The van der Waals surface area contributed by atoms with Crippen LogP contribution >= 0.6 is 15.9 Å². The van der Waals surface area contributed by atoms with Crippen molar-refractivity contribution in [2.75, 3.05) is 7.11 Å². The number of Topliss-reactive ketones (excluding diaryl/α,β-unsaturated/α-hetero) is 1. The Labute approximate surface area is 87.2 Å². The molecule has 0 aromatic carbocycles. The van der Waals surface area contributed by atoms with Crippen molar-refractivity contribution in [1.29, 1.82) is 0 Å². The summed E-state index contributed by atoms with van der Waals surface area (Å²) in [5, 5.41) is 0. The quantitative estimate of drug-likeness (QED) is 0.622. The lowest BCUT2D eigenvalue weighted by molar-refractivity contribution is 0.0673. The molecular weight excluding hydrogens is 260 g/mol. The maximum Gasteiger partial charge on any atom is 0.302 e. The molecule has 0 spiro atoms. The normalized spacial score (nSPS) is 10.4. The van der Waals surface area contributed by atoms with E-state index in [1.807, 2.05) is 0 Å². The van der Waals surface area contributed by atoms with Crippen molar-refractivity contribution in [3.05, 3.63) is 22.4 Å². The third-order valence-corrected chi connectivity index (χ3v) is 2.05. The van der Waals surface area contributed by atoms with Gasteiger partial charge in [0.25, 0.3) is 0 Å². The molecule has 0 atom stereocenters. The van der Waals surface area contributed by atoms with Crippen molar-refractivity contribution < 1.29 is 18.3 Å². The molecule has 3 nitrogen and oxygen atoms in total. The summed E-state index contributed by atoms with van der Waals surface area (Å²) in [6, 6.07) is 2.59. The number of halogens is 3. The molecule has 76 valence electrons. The molecule has 1 aromatic rings. The van der Waals surface area contributed by atoms with E-state index in [9.17, 15) is 13.6 Å². The molecule has 6 heteroatoms. The Morgan fingerprint density at radius 3 is 2.64 bits per heavy atom. The maximum atomic E-state index is 12.0. The Morgan fingerprint density at radius 1 is 1.57 bits per heavy atom. The van der Waals surface area contributed by atoms with Gasteiger partial charge in [0.05, 0.1) is 7.11 Å². The summed E-state index contributed by atoms with van der Waals surface area (Å²) < 4.78 is 29.0. The number of rotatable bonds is 3. The summed E-state index contributed by atoms with van der Waals surface area (Å²) in [7, 11) is 1.41. The van der Waals surface area contributed by atoms with Gasteiger partial charge >= 0.3 is 6.43 Å².